The van der Waals surface area contributed by atoms with Crippen molar-refractivity contribution in [2.24, 2.45) is 12.1 Å². The van der Waals surface area contributed by atoms with Crippen molar-refractivity contribution in [1.29, 1.82) is 0 Å². The van der Waals surface area contributed by atoms with Crippen molar-refractivity contribution in [1.82, 2.24) is 15.3 Å². The number of rotatable bonds is 3. The lowest BCUT2D eigenvalue weighted by Gasteiger charge is -2.02. The third kappa shape index (κ3) is 3.18. The fraction of sp³-hybridized carbons (Fsp3) is 0.333. The number of aromatic nitrogens is 1. The predicted molar refractivity (Wildman–Crippen MR) is 62.4 cm³/mol. The molecule has 1 aromatic heterocycles. The quantitative estimate of drug-likeness (QED) is 0.441. The number of thiocarbonyl (C=S) groups is 1. The molecule has 5 heteroatoms. The van der Waals surface area contributed by atoms with Crippen LogP contribution in [-0.4, -0.2) is 22.4 Å². The van der Waals surface area contributed by atoms with E-state index in [4.69, 9.17) is 12.2 Å². The summed E-state index contributed by atoms with van der Waals surface area (Å²) >= 11 is 4.94. The number of nitrogens with one attached hydrogen (secondary N) is 2. The summed E-state index contributed by atoms with van der Waals surface area (Å²) in [5.74, 6) is 0. The van der Waals surface area contributed by atoms with E-state index in [-0.39, 0.29) is 0 Å². The van der Waals surface area contributed by atoms with Gasteiger partial charge in [-0.1, -0.05) is 0 Å². The summed E-state index contributed by atoms with van der Waals surface area (Å²) < 4.78 is 1.97. The molecule has 0 spiro atoms. The zero-order valence-electron chi connectivity index (χ0n) is 8.32. The van der Waals surface area contributed by atoms with E-state index in [1.54, 1.807) is 6.21 Å². The average Bonchev–Trinajstić information content (AvgIpc) is 2.52. The van der Waals surface area contributed by atoms with Crippen LogP contribution in [0.15, 0.2) is 23.4 Å². The Morgan fingerprint density at radius 3 is 3.07 bits per heavy atom. The van der Waals surface area contributed by atoms with Crippen molar-refractivity contribution in [3.05, 3.63) is 24.0 Å². The number of hydrazone groups is 1. The summed E-state index contributed by atoms with van der Waals surface area (Å²) in [6.45, 7) is 2.78. The smallest absolute Gasteiger partial charge is 0.186 e. The van der Waals surface area contributed by atoms with Gasteiger partial charge in [0.05, 0.1) is 11.9 Å². The highest BCUT2D eigenvalue weighted by molar-refractivity contribution is 7.80. The third-order valence-electron chi connectivity index (χ3n) is 1.68. The molecule has 0 bridgehead atoms. The highest BCUT2D eigenvalue weighted by atomic mass is 32.1. The molecular weight excluding hydrogens is 196 g/mol. The van der Waals surface area contributed by atoms with E-state index in [1.165, 1.54) is 0 Å². The lowest BCUT2D eigenvalue weighted by Crippen LogP contribution is -2.31. The molecule has 0 aliphatic rings. The first-order valence-electron chi connectivity index (χ1n) is 4.42. The van der Waals surface area contributed by atoms with Crippen LogP contribution in [-0.2, 0) is 7.05 Å². The molecule has 2 N–H and O–H groups in total. The van der Waals surface area contributed by atoms with Gasteiger partial charge in [0.15, 0.2) is 5.11 Å². The van der Waals surface area contributed by atoms with Crippen molar-refractivity contribution in [3.63, 3.8) is 0 Å². The highest BCUT2D eigenvalue weighted by Crippen LogP contribution is 1.94. The topological polar surface area (TPSA) is 41.4 Å². The van der Waals surface area contributed by atoms with Crippen molar-refractivity contribution in [3.8, 4) is 0 Å². The van der Waals surface area contributed by atoms with E-state index in [0.717, 1.165) is 12.2 Å². The van der Waals surface area contributed by atoms with Gasteiger partial charge in [-0.25, -0.2) is 0 Å². The Hall–Kier alpha value is -1.36. The van der Waals surface area contributed by atoms with Crippen molar-refractivity contribution >= 4 is 23.5 Å². The van der Waals surface area contributed by atoms with E-state index < -0.39 is 0 Å². The van der Waals surface area contributed by atoms with Crippen LogP contribution < -0.4 is 10.7 Å². The van der Waals surface area contributed by atoms with Crippen molar-refractivity contribution < 1.29 is 0 Å². The summed E-state index contributed by atoms with van der Waals surface area (Å²) in [5.41, 5.74) is 3.75. The van der Waals surface area contributed by atoms with Crippen LogP contribution in [0.25, 0.3) is 0 Å². The molecule has 4 nitrogen and oxygen atoms in total. The molecule has 0 aliphatic carbocycles. The second kappa shape index (κ2) is 5.39. The van der Waals surface area contributed by atoms with Crippen LogP contribution in [0.5, 0.6) is 0 Å². The van der Waals surface area contributed by atoms with Gasteiger partial charge in [-0.15, -0.1) is 0 Å². The highest BCUT2D eigenvalue weighted by Gasteiger charge is 1.91. The molecule has 0 saturated heterocycles. The van der Waals surface area contributed by atoms with E-state index in [9.17, 15) is 0 Å². The standard InChI is InChI=1S/C9H14N4S/c1-3-10-9(14)12-11-7-8-5-4-6-13(8)2/h4-7H,3H2,1-2H3,(H2,10,12,14)/b11-7-. The second-order valence-corrected chi connectivity index (χ2v) is 3.18. The molecule has 0 radical (unpaired) electrons. The van der Waals surface area contributed by atoms with Crippen LogP contribution in [0.4, 0.5) is 0 Å². The Kier molecular flexibility index (Phi) is 4.12. The van der Waals surface area contributed by atoms with Gasteiger partial charge in [0, 0.05) is 19.8 Å². The number of nitrogens with zero attached hydrogens (tertiary/aromatic N) is 2. The van der Waals surface area contributed by atoms with Gasteiger partial charge in [-0.2, -0.15) is 5.10 Å². The van der Waals surface area contributed by atoms with Crippen LogP contribution >= 0.6 is 12.2 Å². The lowest BCUT2D eigenvalue weighted by molar-refractivity contribution is 0.893. The molecule has 1 aromatic rings. The average molecular weight is 210 g/mol. The molecule has 0 saturated carbocycles. The summed E-state index contributed by atoms with van der Waals surface area (Å²) in [6.07, 6.45) is 3.69. The van der Waals surface area contributed by atoms with E-state index >= 15 is 0 Å². The molecular formula is C9H14N4S. The minimum absolute atomic E-state index is 0.540. The number of hydrogen-bond donors (Lipinski definition) is 2. The van der Waals surface area contributed by atoms with Gasteiger partial charge in [0.25, 0.3) is 0 Å². The predicted octanol–water partition coefficient (Wildman–Crippen LogP) is 0.843. The molecule has 1 heterocycles. The van der Waals surface area contributed by atoms with Gasteiger partial charge in [-0.05, 0) is 31.3 Å². The molecule has 14 heavy (non-hydrogen) atoms. The fourth-order valence-corrected chi connectivity index (χ4v) is 1.16. The van der Waals surface area contributed by atoms with Crippen LogP contribution in [0.3, 0.4) is 0 Å². The van der Waals surface area contributed by atoms with Crippen LogP contribution in [0.1, 0.15) is 12.6 Å². The van der Waals surface area contributed by atoms with E-state index in [1.807, 2.05) is 36.9 Å². The van der Waals surface area contributed by atoms with Crippen molar-refractivity contribution in [2.45, 2.75) is 6.92 Å². The van der Waals surface area contributed by atoms with Gasteiger partial charge >= 0.3 is 0 Å². The van der Waals surface area contributed by atoms with Gasteiger partial charge in [0.1, 0.15) is 0 Å². The SMILES string of the molecule is CCNC(=S)N/N=C\c1cccn1C. The molecule has 0 aliphatic heterocycles. The van der Waals surface area contributed by atoms with Gasteiger partial charge in [0.2, 0.25) is 0 Å². The zero-order chi connectivity index (χ0) is 10.4. The summed E-state index contributed by atoms with van der Waals surface area (Å²) in [5, 5.41) is 7.47. The molecule has 0 amide bonds. The largest absolute Gasteiger partial charge is 0.362 e. The Balaban J connectivity index is 2.42. The maximum Gasteiger partial charge on any atom is 0.186 e. The third-order valence-corrected chi connectivity index (χ3v) is 1.92. The maximum atomic E-state index is 4.94. The molecule has 1 rings (SSSR count). The van der Waals surface area contributed by atoms with Gasteiger partial charge < -0.3 is 9.88 Å². The Labute approximate surface area is 89.0 Å². The number of aryl methyl sites for hydroxylation is 1. The summed E-state index contributed by atoms with van der Waals surface area (Å²) in [7, 11) is 1.96. The monoisotopic (exact) mass is 210 g/mol. The second-order valence-electron chi connectivity index (χ2n) is 2.77. The minimum Gasteiger partial charge on any atom is -0.362 e. The Morgan fingerprint density at radius 2 is 2.50 bits per heavy atom. The van der Waals surface area contributed by atoms with E-state index in [0.29, 0.717) is 5.11 Å². The Morgan fingerprint density at radius 1 is 1.71 bits per heavy atom. The van der Waals surface area contributed by atoms with Crippen LogP contribution in [0, 0.1) is 0 Å². The molecule has 0 unspecified atom stereocenters. The molecule has 76 valence electrons. The maximum absolute atomic E-state index is 4.94. The summed E-state index contributed by atoms with van der Waals surface area (Å²) in [4.78, 5) is 0. The number of hydrogen-bond acceptors (Lipinski definition) is 2. The first-order valence-corrected chi connectivity index (χ1v) is 4.83. The minimum atomic E-state index is 0.540. The first-order chi connectivity index (χ1) is 6.74. The normalized spacial score (nSPS) is 10.4. The fourth-order valence-electron chi connectivity index (χ4n) is 0.966. The Bertz CT molecular complexity index is 329. The molecule has 0 fully saturated rings. The molecule has 0 aromatic carbocycles. The zero-order valence-corrected chi connectivity index (χ0v) is 9.14. The first kappa shape index (κ1) is 10.7. The van der Waals surface area contributed by atoms with Gasteiger partial charge in [-0.3, -0.25) is 5.43 Å². The van der Waals surface area contributed by atoms with E-state index in [2.05, 4.69) is 15.8 Å². The van der Waals surface area contributed by atoms with Crippen molar-refractivity contribution in [2.75, 3.05) is 6.54 Å². The lowest BCUT2D eigenvalue weighted by atomic mass is 10.5. The summed E-state index contributed by atoms with van der Waals surface area (Å²) in [6, 6.07) is 3.94. The molecule has 0 atom stereocenters. The van der Waals surface area contributed by atoms with Crippen LogP contribution in [0.2, 0.25) is 0 Å².